The lowest BCUT2D eigenvalue weighted by atomic mass is 10.4. The highest BCUT2D eigenvalue weighted by Gasteiger charge is 2.11. The van der Waals surface area contributed by atoms with Crippen LogP contribution < -0.4 is 5.48 Å². The van der Waals surface area contributed by atoms with Crippen LogP contribution in [0.4, 0.5) is 0 Å². The Kier molecular flexibility index (Phi) is 3.13. The van der Waals surface area contributed by atoms with E-state index in [0.717, 1.165) is 0 Å². The highest BCUT2D eigenvalue weighted by Crippen LogP contribution is 2.19. The van der Waals surface area contributed by atoms with Gasteiger partial charge in [0.25, 0.3) is 0 Å². The molecule has 4 nitrogen and oxygen atoms in total. The van der Waals surface area contributed by atoms with Crippen LogP contribution in [0.1, 0.15) is 6.42 Å². The third-order valence-corrected chi connectivity index (χ3v) is 2.05. The zero-order valence-corrected chi connectivity index (χ0v) is 6.54. The first-order chi connectivity index (χ1) is 5.33. The van der Waals surface area contributed by atoms with Crippen molar-refractivity contribution in [2.45, 2.75) is 11.8 Å². The Hall–Kier alpha value is -0.810. The Balaban J connectivity index is 2.33. The number of allylic oxidation sites excluding steroid dienone is 1. The second kappa shape index (κ2) is 4.15. The largest absolute Gasteiger partial charge is 0.289 e. The lowest BCUT2D eigenvalue weighted by Gasteiger charge is -2.09. The van der Waals surface area contributed by atoms with Gasteiger partial charge in [-0.3, -0.25) is 15.0 Å². The fraction of sp³-hybridized carbons (Fsp3) is 0.333. The van der Waals surface area contributed by atoms with Gasteiger partial charge in [-0.1, -0.05) is 0 Å². The standard InChI is InChI=1S/C6H8N2O2S/c9-5(8-10)4-6-7-2-1-3-11-6/h1-3,6,10H,4H2,(H,8,9). The molecule has 0 saturated carbocycles. The van der Waals surface area contributed by atoms with Crippen molar-refractivity contribution in [1.29, 1.82) is 0 Å². The van der Waals surface area contributed by atoms with E-state index in [1.54, 1.807) is 17.8 Å². The molecule has 1 aliphatic rings. The summed E-state index contributed by atoms with van der Waals surface area (Å²) < 4.78 is 0. The Morgan fingerprint density at radius 1 is 1.82 bits per heavy atom. The fourth-order valence-corrected chi connectivity index (χ4v) is 1.39. The summed E-state index contributed by atoms with van der Waals surface area (Å²) in [4.78, 5) is 14.6. The van der Waals surface area contributed by atoms with Crippen LogP contribution in [0.3, 0.4) is 0 Å². The number of aliphatic imine (C=N–C) groups is 1. The van der Waals surface area contributed by atoms with Crippen LogP contribution in [-0.2, 0) is 4.79 Å². The molecule has 11 heavy (non-hydrogen) atoms. The summed E-state index contributed by atoms with van der Waals surface area (Å²) in [6.07, 6.45) is 3.66. The Bertz CT molecular complexity index is 203. The minimum absolute atomic E-state index is 0.0906. The summed E-state index contributed by atoms with van der Waals surface area (Å²) in [7, 11) is 0. The van der Waals surface area contributed by atoms with Gasteiger partial charge in [-0.05, 0) is 11.5 Å². The van der Waals surface area contributed by atoms with Gasteiger partial charge < -0.3 is 0 Å². The van der Waals surface area contributed by atoms with Crippen molar-refractivity contribution in [2.75, 3.05) is 0 Å². The van der Waals surface area contributed by atoms with Gasteiger partial charge >= 0.3 is 0 Å². The molecule has 0 saturated heterocycles. The molecule has 1 heterocycles. The molecule has 0 aromatic carbocycles. The molecule has 1 amide bonds. The average Bonchev–Trinajstić information content (AvgIpc) is 2.06. The molecule has 0 bridgehead atoms. The molecule has 1 rings (SSSR count). The molecular weight excluding hydrogens is 164 g/mol. The zero-order valence-electron chi connectivity index (χ0n) is 5.73. The number of thioether (sulfide) groups is 1. The molecule has 0 radical (unpaired) electrons. The molecule has 5 heteroatoms. The van der Waals surface area contributed by atoms with Gasteiger partial charge in [0, 0.05) is 6.21 Å². The Morgan fingerprint density at radius 2 is 2.64 bits per heavy atom. The van der Waals surface area contributed by atoms with E-state index in [2.05, 4.69) is 4.99 Å². The first-order valence-corrected chi connectivity index (χ1v) is 4.04. The topological polar surface area (TPSA) is 61.7 Å². The molecule has 1 aliphatic heterocycles. The van der Waals surface area contributed by atoms with E-state index in [1.807, 2.05) is 5.41 Å². The zero-order chi connectivity index (χ0) is 8.10. The van der Waals surface area contributed by atoms with E-state index in [0.29, 0.717) is 0 Å². The SMILES string of the molecule is O=C(CC1N=CC=CS1)NO. The maximum Gasteiger partial charge on any atom is 0.246 e. The maximum atomic E-state index is 10.6. The average molecular weight is 172 g/mol. The van der Waals surface area contributed by atoms with Gasteiger partial charge in [-0.15, -0.1) is 11.8 Å². The monoisotopic (exact) mass is 172 g/mol. The van der Waals surface area contributed by atoms with Crippen molar-refractivity contribution in [3.63, 3.8) is 0 Å². The van der Waals surface area contributed by atoms with E-state index in [-0.39, 0.29) is 11.8 Å². The van der Waals surface area contributed by atoms with Crippen LogP contribution >= 0.6 is 11.8 Å². The normalized spacial score (nSPS) is 21.7. The van der Waals surface area contributed by atoms with Crippen molar-refractivity contribution in [3.8, 4) is 0 Å². The molecule has 60 valence electrons. The van der Waals surface area contributed by atoms with E-state index in [4.69, 9.17) is 5.21 Å². The van der Waals surface area contributed by atoms with Crippen LogP contribution in [0.15, 0.2) is 16.5 Å². The molecule has 0 fully saturated rings. The Labute approximate surface area is 68.3 Å². The van der Waals surface area contributed by atoms with Crippen molar-refractivity contribution in [1.82, 2.24) is 5.48 Å². The molecular formula is C6H8N2O2S. The van der Waals surface area contributed by atoms with Crippen molar-refractivity contribution in [3.05, 3.63) is 11.5 Å². The Morgan fingerprint density at radius 3 is 3.18 bits per heavy atom. The minimum Gasteiger partial charge on any atom is -0.289 e. The van der Waals surface area contributed by atoms with Gasteiger partial charge in [0.05, 0.1) is 6.42 Å². The minimum atomic E-state index is -0.407. The first-order valence-electron chi connectivity index (χ1n) is 3.09. The molecule has 0 aromatic rings. The third kappa shape index (κ3) is 2.73. The second-order valence-corrected chi connectivity index (χ2v) is 3.04. The summed E-state index contributed by atoms with van der Waals surface area (Å²) in [6.45, 7) is 0. The summed E-state index contributed by atoms with van der Waals surface area (Å²) in [5.41, 5.74) is 1.56. The number of hydrogen-bond donors (Lipinski definition) is 2. The lowest BCUT2D eigenvalue weighted by molar-refractivity contribution is -0.129. The number of hydrogen-bond acceptors (Lipinski definition) is 4. The van der Waals surface area contributed by atoms with Gasteiger partial charge in [0.1, 0.15) is 5.37 Å². The summed E-state index contributed by atoms with van der Waals surface area (Å²) >= 11 is 1.46. The number of hydroxylamine groups is 1. The fourth-order valence-electron chi connectivity index (χ4n) is 0.657. The van der Waals surface area contributed by atoms with Crippen molar-refractivity contribution in [2.24, 2.45) is 4.99 Å². The number of carbonyl (C=O) groups is 1. The highest BCUT2D eigenvalue weighted by atomic mass is 32.2. The first kappa shape index (κ1) is 8.29. The van der Waals surface area contributed by atoms with Crippen LogP contribution in [0.2, 0.25) is 0 Å². The van der Waals surface area contributed by atoms with E-state index >= 15 is 0 Å². The van der Waals surface area contributed by atoms with E-state index < -0.39 is 5.91 Å². The number of amides is 1. The highest BCUT2D eigenvalue weighted by molar-refractivity contribution is 8.02. The molecule has 2 N–H and O–H groups in total. The second-order valence-electron chi connectivity index (χ2n) is 1.96. The molecule has 0 aromatic heterocycles. The molecule has 1 atom stereocenters. The van der Waals surface area contributed by atoms with Crippen molar-refractivity contribution < 1.29 is 10.0 Å². The number of nitrogens with zero attached hydrogens (tertiary/aromatic N) is 1. The van der Waals surface area contributed by atoms with Gasteiger partial charge in [-0.2, -0.15) is 0 Å². The smallest absolute Gasteiger partial charge is 0.246 e. The van der Waals surface area contributed by atoms with E-state index in [9.17, 15) is 4.79 Å². The van der Waals surface area contributed by atoms with E-state index in [1.165, 1.54) is 11.8 Å². The van der Waals surface area contributed by atoms with Crippen LogP contribution in [0, 0.1) is 0 Å². The predicted octanol–water partition coefficient (Wildman–Crippen LogP) is 0.539. The van der Waals surface area contributed by atoms with Gasteiger partial charge in [0.2, 0.25) is 5.91 Å². The summed E-state index contributed by atoms with van der Waals surface area (Å²) in [5, 5.41) is 9.96. The number of rotatable bonds is 2. The van der Waals surface area contributed by atoms with Crippen LogP contribution in [0.25, 0.3) is 0 Å². The lowest BCUT2D eigenvalue weighted by Crippen LogP contribution is -2.22. The predicted molar refractivity (Wildman–Crippen MR) is 43.6 cm³/mol. The van der Waals surface area contributed by atoms with Gasteiger partial charge in [0.15, 0.2) is 0 Å². The maximum absolute atomic E-state index is 10.6. The quantitative estimate of drug-likeness (QED) is 0.472. The summed E-state index contributed by atoms with van der Waals surface area (Å²) in [5.74, 6) is -0.407. The van der Waals surface area contributed by atoms with Gasteiger partial charge in [-0.25, -0.2) is 5.48 Å². The number of nitrogens with one attached hydrogen (secondary N) is 1. The third-order valence-electron chi connectivity index (χ3n) is 1.14. The van der Waals surface area contributed by atoms with Crippen LogP contribution in [0.5, 0.6) is 0 Å². The molecule has 1 unspecified atom stereocenters. The van der Waals surface area contributed by atoms with Crippen LogP contribution in [-0.4, -0.2) is 22.7 Å². The van der Waals surface area contributed by atoms with Crippen molar-refractivity contribution >= 4 is 23.9 Å². The summed E-state index contributed by atoms with van der Waals surface area (Å²) in [6, 6.07) is 0. The molecule has 0 aliphatic carbocycles. The number of carbonyl (C=O) groups excluding carboxylic acids is 1. The molecule has 0 spiro atoms.